The van der Waals surface area contributed by atoms with E-state index in [-0.39, 0.29) is 5.69 Å². The third kappa shape index (κ3) is 3.16. The fourth-order valence-corrected chi connectivity index (χ4v) is 3.61. The molecule has 158 valence electrons. The lowest BCUT2D eigenvalue weighted by atomic mass is 10.2. The van der Waals surface area contributed by atoms with Crippen LogP contribution in [0.15, 0.2) is 66.7 Å². The van der Waals surface area contributed by atoms with Crippen molar-refractivity contribution in [2.75, 3.05) is 14.2 Å². The van der Waals surface area contributed by atoms with E-state index >= 15 is 0 Å². The predicted molar refractivity (Wildman–Crippen MR) is 119 cm³/mol. The number of nitrogens with zero attached hydrogens (tertiary/aromatic N) is 5. The van der Waals surface area contributed by atoms with Gasteiger partial charge in [-0.1, -0.05) is 24.3 Å². The van der Waals surface area contributed by atoms with Crippen molar-refractivity contribution < 1.29 is 14.4 Å². The number of rotatable bonds is 5. The Bertz CT molecular complexity index is 1500. The highest BCUT2D eigenvalue weighted by Crippen LogP contribution is 2.35. The van der Waals surface area contributed by atoms with Crippen LogP contribution in [0, 0.1) is 10.1 Å². The Hall–Kier alpha value is -4.53. The normalized spacial score (nSPS) is 11.1. The Morgan fingerprint density at radius 2 is 1.66 bits per heavy atom. The van der Waals surface area contributed by atoms with Gasteiger partial charge in [0.1, 0.15) is 17.3 Å². The number of para-hydroxylation sites is 2. The van der Waals surface area contributed by atoms with Crippen LogP contribution in [0.5, 0.6) is 11.5 Å². The topological polar surface area (TPSA) is 105 Å². The molecule has 3 aromatic carbocycles. The maximum absolute atomic E-state index is 11.4. The molecular formula is C23H17N5O4. The molecule has 0 aliphatic heterocycles. The lowest BCUT2D eigenvalue weighted by Crippen LogP contribution is -2.02. The zero-order valence-electron chi connectivity index (χ0n) is 17.2. The van der Waals surface area contributed by atoms with E-state index in [0.717, 1.165) is 0 Å². The van der Waals surface area contributed by atoms with E-state index in [2.05, 4.69) is 4.98 Å². The van der Waals surface area contributed by atoms with Crippen molar-refractivity contribution in [1.82, 2.24) is 19.5 Å². The number of nitro groups is 1. The summed E-state index contributed by atoms with van der Waals surface area (Å²) in [6.07, 6.45) is 0. The van der Waals surface area contributed by atoms with Crippen molar-refractivity contribution in [1.29, 1.82) is 0 Å². The SMILES string of the molecule is COc1ccc(-n2c(-c3cccc([N+](=O)[O-])c3)nc3nc4ccccc4nc32)c(OC)c1. The first kappa shape index (κ1) is 19.4. The Kier molecular flexibility index (Phi) is 4.63. The molecule has 0 atom stereocenters. The first-order valence-electron chi connectivity index (χ1n) is 9.71. The van der Waals surface area contributed by atoms with Gasteiger partial charge in [0.2, 0.25) is 0 Å². The van der Waals surface area contributed by atoms with Crippen molar-refractivity contribution in [3.05, 3.63) is 76.8 Å². The van der Waals surface area contributed by atoms with Crippen LogP contribution in [0.1, 0.15) is 0 Å². The van der Waals surface area contributed by atoms with Crippen LogP contribution in [0.25, 0.3) is 39.4 Å². The molecule has 0 saturated heterocycles. The number of non-ortho nitro benzene ring substituents is 1. The Morgan fingerprint density at radius 3 is 2.38 bits per heavy atom. The van der Waals surface area contributed by atoms with Crippen LogP contribution >= 0.6 is 0 Å². The van der Waals surface area contributed by atoms with E-state index in [9.17, 15) is 10.1 Å². The molecule has 0 fully saturated rings. The molecule has 0 bridgehead atoms. The Labute approximate surface area is 182 Å². The molecule has 0 radical (unpaired) electrons. The zero-order valence-corrected chi connectivity index (χ0v) is 17.2. The molecule has 0 amide bonds. The first-order chi connectivity index (χ1) is 15.6. The molecule has 0 N–H and O–H groups in total. The maximum Gasteiger partial charge on any atom is 0.270 e. The van der Waals surface area contributed by atoms with Crippen LogP contribution < -0.4 is 9.47 Å². The smallest absolute Gasteiger partial charge is 0.270 e. The monoisotopic (exact) mass is 427 g/mol. The summed E-state index contributed by atoms with van der Waals surface area (Å²) in [6.45, 7) is 0. The molecule has 32 heavy (non-hydrogen) atoms. The Morgan fingerprint density at radius 1 is 0.875 bits per heavy atom. The van der Waals surface area contributed by atoms with E-state index in [4.69, 9.17) is 19.4 Å². The molecule has 9 heteroatoms. The molecular weight excluding hydrogens is 410 g/mol. The summed E-state index contributed by atoms with van der Waals surface area (Å²) < 4.78 is 12.7. The molecule has 0 saturated carbocycles. The van der Waals surface area contributed by atoms with Gasteiger partial charge >= 0.3 is 0 Å². The maximum atomic E-state index is 11.4. The summed E-state index contributed by atoms with van der Waals surface area (Å²) in [6, 6.07) is 19.2. The molecule has 0 spiro atoms. The third-order valence-corrected chi connectivity index (χ3v) is 5.11. The predicted octanol–water partition coefficient (Wildman–Crippen LogP) is 4.56. The number of ether oxygens (including phenoxy) is 2. The van der Waals surface area contributed by atoms with E-state index in [1.54, 1.807) is 43.1 Å². The second-order valence-electron chi connectivity index (χ2n) is 6.98. The fraction of sp³-hybridized carbons (Fsp3) is 0.0870. The van der Waals surface area contributed by atoms with Gasteiger partial charge in [-0.15, -0.1) is 0 Å². The first-order valence-corrected chi connectivity index (χ1v) is 9.71. The highest BCUT2D eigenvalue weighted by molar-refractivity contribution is 5.86. The molecule has 0 unspecified atom stereocenters. The van der Waals surface area contributed by atoms with Crippen molar-refractivity contribution in [3.8, 4) is 28.6 Å². The minimum atomic E-state index is -0.435. The standard InChI is InChI=1S/C23H17N5O4/c1-31-16-10-11-19(20(13-16)32-2)27-22(14-6-5-7-15(12-14)28(29)30)26-21-23(27)25-18-9-4-3-8-17(18)24-21/h3-13H,1-2H3. The number of hydrogen-bond acceptors (Lipinski definition) is 7. The van der Waals surface area contributed by atoms with Crippen molar-refractivity contribution in [2.45, 2.75) is 0 Å². The van der Waals surface area contributed by atoms with Crippen molar-refractivity contribution >= 4 is 28.0 Å². The minimum Gasteiger partial charge on any atom is -0.497 e. The number of imidazole rings is 1. The van der Waals surface area contributed by atoms with E-state index < -0.39 is 4.92 Å². The van der Waals surface area contributed by atoms with Crippen LogP contribution in [0.4, 0.5) is 5.69 Å². The van der Waals surface area contributed by atoms with Crippen LogP contribution in [-0.2, 0) is 0 Å². The number of hydrogen-bond donors (Lipinski definition) is 0. The molecule has 2 heterocycles. The number of aromatic nitrogens is 4. The highest BCUT2D eigenvalue weighted by atomic mass is 16.6. The van der Waals surface area contributed by atoms with E-state index in [0.29, 0.717) is 50.9 Å². The quantitative estimate of drug-likeness (QED) is 0.299. The summed E-state index contributed by atoms with van der Waals surface area (Å²) in [4.78, 5) is 25.1. The minimum absolute atomic E-state index is 0.0334. The van der Waals surface area contributed by atoms with Gasteiger partial charge in [0.15, 0.2) is 11.3 Å². The van der Waals surface area contributed by atoms with Crippen molar-refractivity contribution in [3.63, 3.8) is 0 Å². The van der Waals surface area contributed by atoms with Gasteiger partial charge in [-0.2, -0.15) is 0 Å². The molecule has 0 aliphatic carbocycles. The molecule has 2 aromatic heterocycles. The zero-order chi connectivity index (χ0) is 22.2. The number of methoxy groups -OCH3 is 2. The molecule has 5 aromatic rings. The van der Waals surface area contributed by atoms with Crippen LogP contribution in [-0.4, -0.2) is 38.7 Å². The van der Waals surface area contributed by atoms with Gasteiger partial charge in [0, 0.05) is 23.8 Å². The average molecular weight is 427 g/mol. The van der Waals surface area contributed by atoms with E-state index in [1.807, 2.05) is 30.3 Å². The lowest BCUT2D eigenvalue weighted by Gasteiger charge is -2.14. The summed E-state index contributed by atoms with van der Waals surface area (Å²) in [7, 11) is 3.14. The van der Waals surface area contributed by atoms with Gasteiger partial charge in [-0.25, -0.2) is 15.0 Å². The summed E-state index contributed by atoms with van der Waals surface area (Å²) in [5.41, 5.74) is 3.52. The van der Waals surface area contributed by atoms with E-state index in [1.165, 1.54) is 12.1 Å². The van der Waals surface area contributed by atoms with Crippen molar-refractivity contribution in [2.24, 2.45) is 0 Å². The molecule has 5 rings (SSSR count). The van der Waals surface area contributed by atoms with Crippen LogP contribution in [0.3, 0.4) is 0 Å². The number of benzene rings is 3. The van der Waals surface area contributed by atoms with Gasteiger partial charge in [-0.05, 0) is 24.3 Å². The summed E-state index contributed by atoms with van der Waals surface area (Å²) in [5.74, 6) is 1.62. The van der Waals surface area contributed by atoms with Gasteiger partial charge in [-0.3, -0.25) is 14.7 Å². The third-order valence-electron chi connectivity index (χ3n) is 5.11. The van der Waals surface area contributed by atoms with Gasteiger partial charge < -0.3 is 9.47 Å². The molecule has 0 aliphatic rings. The second kappa shape index (κ2) is 7.62. The largest absolute Gasteiger partial charge is 0.497 e. The average Bonchev–Trinajstić information content (AvgIpc) is 3.20. The second-order valence-corrected chi connectivity index (χ2v) is 6.98. The van der Waals surface area contributed by atoms with Gasteiger partial charge in [0.05, 0.1) is 35.9 Å². The summed E-state index contributed by atoms with van der Waals surface area (Å²) in [5, 5.41) is 11.4. The highest BCUT2D eigenvalue weighted by Gasteiger charge is 2.21. The lowest BCUT2D eigenvalue weighted by molar-refractivity contribution is -0.384. The fourth-order valence-electron chi connectivity index (χ4n) is 3.61. The van der Waals surface area contributed by atoms with Crippen LogP contribution in [0.2, 0.25) is 0 Å². The Balaban J connectivity index is 1.87. The van der Waals surface area contributed by atoms with Gasteiger partial charge in [0.25, 0.3) is 5.69 Å². The summed E-state index contributed by atoms with van der Waals surface area (Å²) >= 11 is 0. The number of nitro benzene ring substituents is 1. The molecule has 9 nitrogen and oxygen atoms in total. The number of fused-ring (bicyclic) bond motifs is 2.